The van der Waals surface area contributed by atoms with Crippen LogP contribution in [-0.4, -0.2) is 50.2 Å². The van der Waals surface area contributed by atoms with E-state index in [2.05, 4.69) is 34.9 Å². The van der Waals surface area contributed by atoms with Gasteiger partial charge in [0.2, 0.25) is 0 Å². The van der Waals surface area contributed by atoms with Gasteiger partial charge < -0.3 is 14.4 Å². The molecule has 5 heterocycles. The molecular weight excluding hydrogens is 484 g/mol. The molecule has 200 valence electrons. The number of piperidine rings is 2. The van der Waals surface area contributed by atoms with Gasteiger partial charge in [0.15, 0.2) is 0 Å². The van der Waals surface area contributed by atoms with Gasteiger partial charge in [-0.15, -0.1) is 0 Å². The lowest BCUT2D eigenvalue weighted by Crippen LogP contribution is -2.47. The summed E-state index contributed by atoms with van der Waals surface area (Å²) in [5.74, 6) is 1.81. The number of nitrogens with zero attached hydrogens (tertiary/aromatic N) is 2. The van der Waals surface area contributed by atoms with E-state index in [1.165, 1.54) is 73.0 Å². The summed E-state index contributed by atoms with van der Waals surface area (Å²) in [5.41, 5.74) is 13.4. The zero-order valence-electron chi connectivity index (χ0n) is 23.1. The first-order valence-electron chi connectivity index (χ1n) is 14.9. The van der Waals surface area contributed by atoms with Gasteiger partial charge in [0.05, 0.1) is 18.7 Å². The number of carbonyl (C=O) groups excluding carboxylic acids is 1. The van der Waals surface area contributed by atoms with E-state index in [-0.39, 0.29) is 5.97 Å². The molecule has 5 nitrogen and oxygen atoms in total. The molecule has 0 N–H and O–H groups in total. The summed E-state index contributed by atoms with van der Waals surface area (Å²) < 4.78 is 12.5. The van der Waals surface area contributed by atoms with E-state index in [0.717, 1.165) is 79.0 Å². The summed E-state index contributed by atoms with van der Waals surface area (Å²) in [4.78, 5) is 18.5. The minimum Gasteiger partial charge on any atom is -0.465 e. The fraction of sp³-hybridized carbons (Fsp3) is 0.441. The standard InChI is InChI=1S/C34H36N2O3/c1-20-8-3-11-23(34(37)38-2)28(20)29-26-18-21-9-4-14-35-16-6-12-24(30(21)35)32(26)39-33-25-13-7-17-36-15-5-10-22(31(25)36)19-27(29)33/h3,8,11,18-19,30H,4-7,9-10,12-17H2,1-2H3. The second-order valence-corrected chi connectivity index (χ2v) is 12.0. The van der Waals surface area contributed by atoms with Gasteiger partial charge in [-0.25, -0.2) is 4.79 Å². The number of esters is 1. The number of methoxy groups -OCH3 is 1. The van der Waals surface area contributed by atoms with Crippen LogP contribution in [0.4, 0.5) is 5.69 Å². The van der Waals surface area contributed by atoms with Gasteiger partial charge in [0.25, 0.3) is 0 Å². The molecule has 2 aromatic carbocycles. The monoisotopic (exact) mass is 520 g/mol. The van der Waals surface area contributed by atoms with E-state index in [4.69, 9.17) is 9.47 Å². The smallest absolute Gasteiger partial charge is 0.338 e. The molecule has 0 amide bonds. The molecule has 0 radical (unpaired) electrons. The lowest BCUT2D eigenvalue weighted by Gasteiger charge is -2.47. The molecule has 8 rings (SSSR count). The number of benzene rings is 2. The van der Waals surface area contributed by atoms with Crippen LogP contribution in [-0.2, 0) is 17.6 Å². The Hall–Kier alpha value is -3.31. The summed E-state index contributed by atoms with van der Waals surface area (Å²) in [5, 5.41) is 0. The van der Waals surface area contributed by atoms with Crippen molar-refractivity contribution in [3.05, 3.63) is 86.2 Å². The average molecular weight is 521 g/mol. The van der Waals surface area contributed by atoms with Gasteiger partial charge in [0.1, 0.15) is 11.5 Å². The van der Waals surface area contributed by atoms with Crippen molar-refractivity contribution in [1.29, 1.82) is 0 Å². The number of rotatable bonds is 2. The minimum atomic E-state index is -0.280. The highest BCUT2D eigenvalue weighted by molar-refractivity contribution is 6.03. The summed E-state index contributed by atoms with van der Waals surface area (Å²) in [7, 11) is 1.48. The van der Waals surface area contributed by atoms with E-state index in [0.29, 0.717) is 11.6 Å². The van der Waals surface area contributed by atoms with Crippen molar-refractivity contribution in [2.24, 2.45) is 0 Å². The van der Waals surface area contributed by atoms with E-state index < -0.39 is 0 Å². The third-order valence-electron chi connectivity index (χ3n) is 9.86. The Balaban J connectivity index is 1.48. The summed E-state index contributed by atoms with van der Waals surface area (Å²) in [6, 6.07) is 8.80. The van der Waals surface area contributed by atoms with E-state index in [1.54, 1.807) is 0 Å². The Morgan fingerprint density at radius 1 is 1.00 bits per heavy atom. The van der Waals surface area contributed by atoms with Crippen LogP contribution in [0.5, 0.6) is 5.75 Å². The number of hydrogen-bond acceptors (Lipinski definition) is 5. The number of aryl methyl sites for hydroxylation is 2. The Kier molecular flexibility index (Phi) is 5.35. The Morgan fingerprint density at radius 2 is 1.79 bits per heavy atom. The van der Waals surface area contributed by atoms with Crippen LogP contribution < -0.4 is 9.64 Å². The quantitative estimate of drug-likeness (QED) is 0.446. The van der Waals surface area contributed by atoms with Crippen LogP contribution in [0.3, 0.4) is 0 Å². The summed E-state index contributed by atoms with van der Waals surface area (Å²) in [6.45, 7) is 6.73. The number of anilines is 1. The van der Waals surface area contributed by atoms with Crippen molar-refractivity contribution in [2.75, 3.05) is 38.2 Å². The number of fused-ring (bicyclic) bond motifs is 3. The van der Waals surface area contributed by atoms with Gasteiger partial charge in [-0.2, -0.15) is 0 Å². The molecule has 6 aliphatic rings. The maximum atomic E-state index is 13.2. The zero-order chi connectivity index (χ0) is 26.2. The number of hydrogen-bond donors (Lipinski definition) is 0. The van der Waals surface area contributed by atoms with Crippen molar-refractivity contribution >= 4 is 17.2 Å². The third-order valence-corrected chi connectivity index (χ3v) is 9.86. The normalized spacial score (nSPS) is 23.3. The van der Waals surface area contributed by atoms with Crippen molar-refractivity contribution in [2.45, 2.75) is 64.3 Å². The van der Waals surface area contributed by atoms with E-state index in [1.807, 2.05) is 12.1 Å². The molecule has 2 saturated heterocycles. The fourth-order valence-electron chi connectivity index (χ4n) is 8.33. The molecule has 39 heavy (non-hydrogen) atoms. The third kappa shape index (κ3) is 3.38. The highest BCUT2D eigenvalue weighted by Gasteiger charge is 2.42. The van der Waals surface area contributed by atoms with E-state index >= 15 is 0 Å². The van der Waals surface area contributed by atoms with Crippen LogP contribution in [0.2, 0.25) is 0 Å². The molecule has 1 atom stereocenters. The fourth-order valence-corrected chi connectivity index (χ4v) is 8.33. The molecule has 5 aliphatic heterocycles. The van der Waals surface area contributed by atoms with Gasteiger partial charge in [-0.3, -0.25) is 4.90 Å². The number of allylic oxidation sites excluding steroid dienone is 1. The molecule has 0 aromatic heterocycles. The molecule has 1 aliphatic carbocycles. The second-order valence-electron chi connectivity index (χ2n) is 12.0. The summed E-state index contributed by atoms with van der Waals surface area (Å²) in [6.07, 6.45) is 11.5. The van der Waals surface area contributed by atoms with Crippen LogP contribution in [0.25, 0.3) is 5.57 Å². The Morgan fingerprint density at radius 3 is 2.64 bits per heavy atom. The van der Waals surface area contributed by atoms with Gasteiger partial charge in [0, 0.05) is 46.6 Å². The molecule has 0 saturated carbocycles. The van der Waals surface area contributed by atoms with Crippen molar-refractivity contribution in [3.63, 3.8) is 0 Å². The molecule has 0 spiro atoms. The predicted molar refractivity (Wildman–Crippen MR) is 153 cm³/mol. The SMILES string of the molecule is COC(=O)c1cccc(C)c1C1=C2C=C3CCCN4CCCC(=C2Oc2c1cc1c5c2CCCN5CCC1)C34. The summed E-state index contributed by atoms with van der Waals surface area (Å²) >= 11 is 0. The molecule has 0 bridgehead atoms. The first kappa shape index (κ1) is 23.6. The Bertz CT molecular complexity index is 1520. The van der Waals surface area contributed by atoms with E-state index in [9.17, 15) is 4.79 Å². The first-order valence-corrected chi connectivity index (χ1v) is 14.9. The highest BCUT2D eigenvalue weighted by Crippen LogP contribution is 2.54. The highest BCUT2D eigenvalue weighted by atomic mass is 16.5. The lowest BCUT2D eigenvalue weighted by molar-refractivity contribution is 0.0600. The predicted octanol–water partition coefficient (Wildman–Crippen LogP) is 6.13. The van der Waals surface area contributed by atoms with Crippen LogP contribution in [0.15, 0.2) is 52.8 Å². The zero-order valence-corrected chi connectivity index (χ0v) is 23.1. The molecule has 1 unspecified atom stereocenters. The first-order chi connectivity index (χ1) is 19.1. The van der Waals surface area contributed by atoms with Crippen molar-refractivity contribution in [1.82, 2.24) is 4.90 Å². The van der Waals surface area contributed by atoms with Crippen molar-refractivity contribution in [3.8, 4) is 5.75 Å². The van der Waals surface area contributed by atoms with Gasteiger partial charge in [-0.1, -0.05) is 12.1 Å². The number of carbonyl (C=O) groups is 1. The van der Waals surface area contributed by atoms with Gasteiger partial charge >= 0.3 is 5.97 Å². The second kappa shape index (κ2) is 8.85. The molecule has 2 aromatic rings. The molecule has 2 fully saturated rings. The lowest BCUT2D eigenvalue weighted by atomic mass is 9.74. The van der Waals surface area contributed by atoms with Crippen molar-refractivity contribution < 1.29 is 14.3 Å². The van der Waals surface area contributed by atoms with Gasteiger partial charge in [-0.05, 0) is 112 Å². The molecule has 5 heteroatoms. The maximum absolute atomic E-state index is 13.2. The Labute approximate surface area is 230 Å². The van der Waals surface area contributed by atoms with Crippen LogP contribution >= 0.6 is 0 Å². The number of ether oxygens (including phenoxy) is 2. The largest absolute Gasteiger partial charge is 0.465 e. The maximum Gasteiger partial charge on any atom is 0.338 e. The topological polar surface area (TPSA) is 42.0 Å². The average Bonchev–Trinajstić information content (AvgIpc) is 2.97. The molecular formula is C34H36N2O3. The van der Waals surface area contributed by atoms with Crippen LogP contribution in [0, 0.1) is 6.92 Å². The minimum absolute atomic E-state index is 0.280. The van der Waals surface area contributed by atoms with Crippen LogP contribution in [0.1, 0.15) is 76.7 Å².